The predicted octanol–water partition coefficient (Wildman–Crippen LogP) is 2.07. The standard InChI is InChI=1S/C25H32N6O5/c1-3-35-25(33)16-8-10-30(11-9-16)22(23-27-28-29-31(23)15-19-5-4-12-36-19)20-13-17-6-7-18(34-2)14-21(17)26-24(20)32/h6-7,13-14,16,19,22H,3-5,8-12,15H2,1-2H3,(H,26,32)/t19-,22-/m1/s1. The van der Waals surface area contributed by atoms with E-state index in [1.165, 1.54) is 0 Å². The number of rotatable bonds is 8. The highest BCUT2D eigenvalue weighted by molar-refractivity contribution is 5.80. The zero-order valence-electron chi connectivity index (χ0n) is 20.7. The number of tetrazole rings is 1. The maximum Gasteiger partial charge on any atom is 0.309 e. The topological polar surface area (TPSA) is 124 Å². The van der Waals surface area contributed by atoms with Crippen molar-refractivity contribution in [2.45, 2.75) is 51.3 Å². The Kier molecular flexibility index (Phi) is 7.28. The number of carbonyl (C=O) groups excluding carboxylic acids is 1. The Balaban J connectivity index is 1.51. The summed E-state index contributed by atoms with van der Waals surface area (Å²) >= 11 is 0. The second kappa shape index (κ2) is 10.8. The molecule has 11 nitrogen and oxygen atoms in total. The normalized spacial score (nSPS) is 20.0. The first-order chi connectivity index (χ1) is 17.6. The monoisotopic (exact) mass is 496 g/mol. The van der Waals surface area contributed by atoms with Crippen molar-refractivity contribution in [3.05, 3.63) is 46.0 Å². The number of fused-ring (bicyclic) bond motifs is 1. The van der Waals surface area contributed by atoms with Crippen LogP contribution < -0.4 is 10.3 Å². The Bertz CT molecular complexity index is 1260. The maximum absolute atomic E-state index is 13.4. The number of hydrogen-bond donors (Lipinski definition) is 1. The number of benzene rings is 1. The fraction of sp³-hybridized carbons (Fsp3) is 0.560. The molecular weight excluding hydrogens is 464 g/mol. The van der Waals surface area contributed by atoms with E-state index in [-0.39, 0.29) is 23.6 Å². The van der Waals surface area contributed by atoms with Crippen LogP contribution in [0.4, 0.5) is 0 Å². The van der Waals surface area contributed by atoms with Crippen LogP contribution in [-0.2, 0) is 20.8 Å². The van der Waals surface area contributed by atoms with Gasteiger partial charge < -0.3 is 19.2 Å². The lowest BCUT2D eigenvalue weighted by Gasteiger charge is -2.36. The fourth-order valence-electron chi connectivity index (χ4n) is 5.20. The number of nitrogens with zero attached hydrogens (tertiary/aromatic N) is 5. The van der Waals surface area contributed by atoms with Crippen molar-refractivity contribution in [2.75, 3.05) is 33.4 Å². The van der Waals surface area contributed by atoms with Gasteiger partial charge in [-0.2, -0.15) is 0 Å². The van der Waals surface area contributed by atoms with E-state index in [0.29, 0.717) is 61.7 Å². The molecule has 0 radical (unpaired) electrons. The van der Waals surface area contributed by atoms with E-state index in [4.69, 9.17) is 14.2 Å². The van der Waals surface area contributed by atoms with E-state index in [9.17, 15) is 9.59 Å². The van der Waals surface area contributed by atoms with Crippen molar-refractivity contribution in [1.82, 2.24) is 30.1 Å². The molecule has 5 rings (SSSR count). The van der Waals surface area contributed by atoms with E-state index in [2.05, 4.69) is 25.4 Å². The van der Waals surface area contributed by atoms with Crippen LogP contribution in [0.2, 0.25) is 0 Å². The number of nitrogens with one attached hydrogen (secondary N) is 1. The van der Waals surface area contributed by atoms with Gasteiger partial charge in [-0.15, -0.1) is 5.10 Å². The maximum atomic E-state index is 13.4. The molecule has 2 aromatic heterocycles. The van der Waals surface area contributed by atoms with Crippen LogP contribution in [-0.4, -0.2) is 75.6 Å². The Hall–Kier alpha value is -3.31. The Morgan fingerprint density at radius 3 is 2.81 bits per heavy atom. The number of pyridine rings is 1. The minimum Gasteiger partial charge on any atom is -0.497 e. The van der Waals surface area contributed by atoms with Crippen molar-refractivity contribution >= 4 is 16.9 Å². The summed E-state index contributed by atoms with van der Waals surface area (Å²) < 4.78 is 18.1. The molecule has 0 amide bonds. The van der Waals surface area contributed by atoms with Crippen LogP contribution in [0.3, 0.4) is 0 Å². The van der Waals surface area contributed by atoms with Gasteiger partial charge in [-0.25, -0.2) is 4.68 Å². The molecule has 2 aliphatic heterocycles. The van der Waals surface area contributed by atoms with Gasteiger partial charge in [0.2, 0.25) is 0 Å². The zero-order valence-corrected chi connectivity index (χ0v) is 20.7. The molecule has 4 heterocycles. The van der Waals surface area contributed by atoms with Crippen molar-refractivity contribution in [3.63, 3.8) is 0 Å². The number of likely N-dealkylation sites (tertiary alicyclic amines) is 1. The summed E-state index contributed by atoms with van der Waals surface area (Å²) in [5.74, 6) is 0.962. The third-order valence-corrected chi connectivity index (χ3v) is 7.10. The van der Waals surface area contributed by atoms with Gasteiger partial charge in [0.15, 0.2) is 5.82 Å². The van der Waals surface area contributed by atoms with E-state index >= 15 is 0 Å². The van der Waals surface area contributed by atoms with Gasteiger partial charge in [0.25, 0.3) is 5.56 Å². The fourth-order valence-corrected chi connectivity index (χ4v) is 5.20. The van der Waals surface area contributed by atoms with Crippen molar-refractivity contribution < 1.29 is 19.0 Å². The summed E-state index contributed by atoms with van der Waals surface area (Å²) in [6.07, 6.45) is 3.30. The predicted molar refractivity (Wildman–Crippen MR) is 131 cm³/mol. The molecule has 2 aliphatic rings. The highest BCUT2D eigenvalue weighted by Crippen LogP contribution is 2.32. The molecule has 11 heteroatoms. The molecule has 2 saturated heterocycles. The van der Waals surface area contributed by atoms with E-state index in [1.54, 1.807) is 11.8 Å². The highest BCUT2D eigenvalue weighted by Gasteiger charge is 2.35. The summed E-state index contributed by atoms with van der Waals surface area (Å²) in [4.78, 5) is 30.9. The lowest BCUT2D eigenvalue weighted by atomic mass is 9.94. The number of piperidine rings is 1. The van der Waals surface area contributed by atoms with Gasteiger partial charge in [0.05, 0.1) is 37.8 Å². The van der Waals surface area contributed by atoms with Crippen LogP contribution in [0.5, 0.6) is 5.75 Å². The molecule has 0 aliphatic carbocycles. The zero-order chi connectivity index (χ0) is 25.1. The molecule has 1 N–H and O–H groups in total. The van der Waals surface area contributed by atoms with Crippen LogP contribution in [0.1, 0.15) is 50.0 Å². The number of esters is 1. The van der Waals surface area contributed by atoms with E-state index in [0.717, 1.165) is 24.8 Å². The van der Waals surface area contributed by atoms with Crippen molar-refractivity contribution in [3.8, 4) is 5.75 Å². The molecule has 3 aromatic rings. The average molecular weight is 497 g/mol. The lowest BCUT2D eigenvalue weighted by molar-refractivity contribution is -0.149. The lowest BCUT2D eigenvalue weighted by Crippen LogP contribution is -2.42. The van der Waals surface area contributed by atoms with Gasteiger partial charge in [-0.3, -0.25) is 14.5 Å². The molecule has 0 unspecified atom stereocenters. The number of aromatic nitrogens is 5. The van der Waals surface area contributed by atoms with Crippen molar-refractivity contribution in [1.29, 1.82) is 0 Å². The first kappa shape index (κ1) is 24.4. The minimum absolute atomic E-state index is 0.0461. The third kappa shape index (κ3) is 4.98. The summed E-state index contributed by atoms with van der Waals surface area (Å²) in [7, 11) is 1.59. The summed E-state index contributed by atoms with van der Waals surface area (Å²) in [5, 5.41) is 13.5. The third-order valence-electron chi connectivity index (χ3n) is 7.10. The number of ether oxygens (including phenoxy) is 3. The molecule has 192 valence electrons. The second-order valence-electron chi connectivity index (χ2n) is 9.33. The SMILES string of the molecule is CCOC(=O)C1CCN([C@H](c2cc3ccc(OC)cc3[nH]c2=O)c2nnnn2C[C@H]2CCCO2)CC1. The smallest absolute Gasteiger partial charge is 0.309 e. The molecule has 0 saturated carbocycles. The first-order valence-corrected chi connectivity index (χ1v) is 12.6. The number of H-pyrrole nitrogens is 1. The van der Waals surface area contributed by atoms with Crippen molar-refractivity contribution in [2.24, 2.45) is 5.92 Å². The molecule has 36 heavy (non-hydrogen) atoms. The number of carbonyl (C=O) groups is 1. The van der Waals surface area contributed by atoms with Crippen LogP contribution in [0, 0.1) is 5.92 Å². The van der Waals surface area contributed by atoms with E-state index < -0.39 is 6.04 Å². The number of aromatic amines is 1. The summed E-state index contributed by atoms with van der Waals surface area (Å²) in [6, 6.07) is 7.03. The van der Waals surface area contributed by atoms with Crippen LogP contribution in [0.25, 0.3) is 10.9 Å². The molecule has 2 atom stereocenters. The minimum atomic E-state index is -0.472. The summed E-state index contributed by atoms with van der Waals surface area (Å²) in [5.41, 5.74) is 1.05. The summed E-state index contributed by atoms with van der Waals surface area (Å²) in [6.45, 7) is 4.68. The quantitative estimate of drug-likeness (QED) is 0.467. The molecular formula is C25H32N6O5. The molecule has 0 spiro atoms. The van der Waals surface area contributed by atoms with Crippen LogP contribution >= 0.6 is 0 Å². The second-order valence-corrected chi connectivity index (χ2v) is 9.33. The Morgan fingerprint density at radius 2 is 2.08 bits per heavy atom. The molecule has 0 bridgehead atoms. The van der Waals surface area contributed by atoms with Gasteiger partial charge in [-0.1, -0.05) is 0 Å². The van der Waals surface area contributed by atoms with Gasteiger partial charge >= 0.3 is 5.97 Å². The number of methoxy groups -OCH3 is 1. The average Bonchev–Trinajstić information content (AvgIpc) is 3.57. The van der Waals surface area contributed by atoms with Gasteiger partial charge in [0, 0.05) is 31.3 Å². The number of hydrogen-bond acceptors (Lipinski definition) is 9. The van der Waals surface area contributed by atoms with Gasteiger partial charge in [0.1, 0.15) is 11.8 Å². The Morgan fingerprint density at radius 1 is 1.25 bits per heavy atom. The van der Waals surface area contributed by atoms with E-state index in [1.807, 2.05) is 31.2 Å². The Labute approximate surface area is 208 Å². The molecule has 1 aromatic carbocycles. The largest absolute Gasteiger partial charge is 0.497 e. The highest BCUT2D eigenvalue weighted by atomic mass is 16.5. The van der Waals surface area contributed by atoms with Gasteiger partial charge in [-0.05, 0) is 66.6 Å². The van der Waals surface area contributed by atoms with Crippen LogP contribution in [0.15, 0.2) is 29.1 Å². The first-order valence-electron chi connectivity index (χ1n) is 12.6. The molecule has 2 fully saturated rings.